The van der Waals surface area contributed by atoms with Gasteiger partial charge in [-0.25, -0.2) is 9.79 Å². The molecule has 1 aromatic heterocycles. The fraction of sp³-hybridized carbons (Fsp3) is 0.276. The van der Waals surface area contributed by atoms with Crippen LogP contribution in [-0.4, -0.2) is 28.4 Å². The summed E-state index contributed by atoms with van der Waals surface area (Å²) in [5, 5.41) is 10.1. The highest BCUT2D eigenvalue weighted by Crippen LogP contribution is 2.36. The van der Waals surface area contributed by atoms with E-state index in [1.54, 1.807) is 42.7 Å². The number of hydrogen-bond acceptors (Lipinski definition) is 7. The second-order valence-electron chi connectivity index (χ2n) is 8.89. The molecule has 3 aromatic rings. The Morgan fingerprint density at radius 2 is 2.03 bits per heavy atom. The summed E-state index contributed by atoms with van der Waals surface area (Å²) < 4.78 is 13.5. The van der Waals surface area contributed by atoms with Gasteiger partial charge in [-0.2, -0.15) is 0 Å². The van der Waals surface area contributed by atoms with Gasteiger partial charge in [0, 0.05) is 5.56 Å². The third kappa shape index (κ3) is 5.29. The Balaban J connectivity index is 1.96. The molecule has 8 heteroatoms. The van der Waals surface area contributed by atoms with Gasteiger partial charge in [0.15, 0.2) is 4.80 Å². The summed E-state index contributed by atoms with van der Waals surface area (Å²) in [7, 11) is 0. The maximum atomic E-state index is 13.8. The van der Waals surface area contributed by atoms with Gasteiger partial charge in [-0.05, 0) is 69.5 Å². The molecule has 37 heavy (non-hydrogen) atoms. The first-order chi connectivity index (χ1) is 17.7. The van der Waals surface area contributed by atoms with Crippen LogP contribution in [0.2, 0.25) is 0 Å². The lowest BCUT2D eigenvalue weighted by Crippen LogP contribution is -2.40. The largest absolute Gasteiger partial charge is 0.508 e. The van der Waals surface area contributed by atoms with Gasteiger partial charge in [-0.15, -0.1) is 6.58 Å². The average molecular weight is 519 g/mol. The van der Waals surface area contributed by atoms with Gasteiger partial charge in [0.05, 0.1) is 28.5 Å². The standard InChI is InChI=1S/C29H30N2O5S/c1-6-10-20-15-19(13-14-22(20)32)16-24-27(33)31-26(21-11-8-9-12-23(21)36-17(3)4)25(28(34)35-7-2)18(5)30-29(31)37-24/h6,8-9,11-17,26,32H,1,7,10H2,2-5H3/b24-16+/t26-/m1/s1. The molecule has 0 unspecified atom stereocenters. The zero-order valence-electron chi connectivity index (χ0n) is 21.4. The van der Waals surface area contributed by atoms with E-state index in [0.717, 1.165) is 11.1 Å². The van der Waals surface area contributed by atoms with Crippen LogP contribution in [0.25, 0.3) is 6.08 Å². The monoisotopic (exact) mass is 518 g/mol. The van der Waals surface area contributed by atoms with Crippen molar-refractivity contribution in [3.05, 3.63) is 103 Å². The quantitative estimate of drug-likeness (QED) is 0.359. The van der Waals surface area contributed by atoms with E-state index in [0.29, 0.717) is 38.3 Å². The number of benzene rings is 2. The van der Waals surface area contributed by atoms with Gasteiger partial charge in [-0.3, -0.25) is 9.36 Å². The van der Waals surface area contributed by atoms with Crippen LogP contribution in [0.15, 0.2) is 76.2 Å². The molecule has 2 aromatic carbocycles. The predicted molar refractivity (Wildman–Crippen MR) is 145 cm³/mol. The zero-order valence-corrected chi connectivity index (χ0v) is 22.2. The van der Waals surface area contributed by atoms with Crippen molar-refractivity contribution in [2.24, 2.45) is 4.99 Å². The van der Waals surface area contributed by atoms with Gasteiger partial charge in [0.1, 0.15) is 17.5 Å². The Morgan fingerprint density at radius 3 is 2.73 bits per heavy atom. The molecule has 1 atom stereocenters. The number of hydrogen-bond donors (Lipinski definition) is 1. The number of thiazole rings is 1. The summed E-state index contributed by atoms with van der Waals surface area (Å²) in [5.41, 5.74) is 2.68. The van der Waals surface area contributed by atoms with Crippen LogP contribution in [0.3, 0.4) is 0 Å². The molecule has 1 aliphatic rings. The first kappa shape index (κ1) is 26.2. The number of rotatable bonds is 8. The number of phenols is 1. The number of phenolic OH excluding ortho intramolecular Hbond substituents is 1. The SMILES string of the molecule is C=CCc1cc(/C=c2/sc3n(c2=O)[C@H](c2ccccc2OC(C)C)C(C(=O)OCC)=C(C)N=3)ccc1O. The zero-order chi connectivity index (χ0) is 26.7. The van der Waals surface area contributed by atoms with Crippen LogP contribution >= 0.6 is 11.3 Å². The Labute approximate surface area is 219 Å². The summed E-state index contributed by atoms with van der Waals surface area (Å²) in [5.74, 6) is 0.242. The number of nitrogens with zero attached hydrogens (tertiary/aromatic N) is 2. The molecule has 4 rings (SSSR count). The Morgan fingerprint density at radius 1 is 1.27 bits per heavy atom. The molecule has 0 saturated carbocycles. The highest BCUT2D eigenvalue weighted by molar-refractivity contribution is 7.07. The fourth-order valence-electron chi connectivity index (χ4n) is 4.32. The van der Waals surface area contributed by atoms with E-state index >= 15 is 0 Å². The number of fused-ring (bicyclic) bond motifs is 1. The van der Waals surface area contributed by atoms with Gasteiger partial charge < -0.3 is 14.6 Å². The Bertz CT molecular complexity index is 1560. The second-order valence-corrected chi connectivity index (χ2v) is 9.90. The minimum absolute atomic E-state index is 0.104. The summed E-state index contributed by atoms with van der Waals surface area (Å²) >= 11 is 1.25. The van der Waals surface area contributed by atoms with Crippen molar-refractivity contribution in [2.75, 3.05) is 6.61 Å². The van der Waals surface area contributed by atoms with Gasteiger partial charge in [0.2, 0.25) is 0 Å². The number of carbonyl (C=O) groups is 1. The van der Waals surface area contributed by atoms with Crippen molar-refractivity contribution in [3.8, 4) is 11.5 Å². The minimum atomic E-state index is -0.761. The summed E-state index contributed by atoms with van der Waals surface area (Å²) in [6.07, 6.45) is 3.88. The average Bonchev–Trinajstić information content (AvgIpc) is 3.15. The normalized spacial score (nSPS) is 15.4. The number of aromatic nitrogens is 1. The molecule has 0 bridgehead atoms. The van der Waals surface area contributed by atoms with Crippen molar-refractivity contribution < 1.29 is 19.4 Å². The van der Waals surface area contributed by atoms with Crippen molar-refractivity contribution in [1.29, 1.82) is 0 Å². The molecule has 0 aliphatic carbocycles. The summed E-state index contributed by atoms with van der Waals surface area (Å²) in [4.78, 5) is 32.1. The molecule has 2 heterocycles. The maximum absolute atomic E-state index is 13.8. The highest BCUT2D eigenvalue weighted by atomic mass is 32.1. The maximum Gasteiger partial charge on any atom is 0.338 e. The molecule has 1 N–H and O–H groups in total. The molecule has 0 radical (unpaired) electrons. The molecule has 0 amide bonds. The van der Waals surface area contributed by atoms with E-state index in [1.165, 1.54) is 11.3 Å². The second kappa shape index (κ2) is 11.0. The van der Waals surface area contributed by atoms with E-state index in [9.17, 15) is 14.7 Å². The molecule has 1 aliphatic heterocycles. The number of aromatic hydroxyl groups is 1. The number of esters is 1. The predicted octanol–water partition coefficient (Wildman–Crippen LogP) is 4.02. The van der Waals surface area contributed by atoms with Gasteiger partial charge in [-0.1, -0.05) is 41.7 Å². The molecule has 0 fully saturated rings. The van der Waals surface area contributed by atoms with E-state index in [-0.39, 0.29) is 24.0 Å². The van der Waals surface area contributed by atoms with Crippen LogP contribution < -0.4 is 19.6 Å². The molecular weight excluding hydrogens is 488 g/mol. The van der Waals surface area contributed by atoms with Gasteiger partial charge >= 0.3 is 5.97 Å². The number of para-hydroxylation sites is 1. The van der Waals surface area contributed by atoms with E-state index in [4.69, 9.17) is 9.47 Å². The fourth-order valence-corrected chi connectivity index (χ4v) is 5.37. The first-order valence-corrected chi connectivity index (χ1v) is 12.9. The van der Waals surface area contributed by atoms with E-state index in [2.05, 4.69) is 11.6 Å². The number of carbonyl (C=O) groups excluding carboxylic acids is 1. The van der Waals surface area contributed by atoms with Crippen LogP contribution in [0, 0.1) is 0 Å². The topological polar surface area (TPSA) is 90.1 Å². The third-order valence-corrected chi connectivity index (χ3v) is 6.84. The van der Waals surface area contributed by atoms with E-state index in [1.807, 2.05) is 44.2 Å². The van der Waals surface area contributed by atoms with E-state index < -0.39 is 12.0 Å². The van der Waals surface area contributed by atoms with Crippen molar-refractivity contribution >= 4 is 23.4 Å². The van der Waals surface area contributed by atoms with Crippen LogP contribution in [0.1, 0.15) is 50.4 Å². The lowest BCUT2D eigenvalue weighted by atomic mass is 9.95. The molecule has 0 saturated heterocycles. The first-order valence-electron chi connectivity index (χ1n) is 12.1. The van der Waals surface area contributed by atoms with Crippen LogP contribution in [0.4, 0.5) is 0 Å². The lowest BCUT2D eigenvalue weighted by Gasteiger charge is -2.26. The van der Waals surface area contributed by atoms with Crippen molar-refractivity contribution in [1.82, 2.24) is 4.57 Å². The van der Waals surface area contributed by atoms with Crippen molar-refractivity contribution in [3.63, 3.8) is 0 Å². The van der Waals surface area contributed by atoms with Crippen molar-refractivity contribution in [2.45, 2.75) is 46.3 Å². The van der Waals surface area contributed by atoms with Gasteiger partial charge in [0.25, 0.3) is 5.56 Å². The molecule has 0 spiro atoms. The number of ether oxygens (including phenoxy) is 2. The Kier molecular flexibility index (Phi) is 7.78. The highest BCUT2D eigenvalue weighted by Gasteiger charge is 2.35. The third-order valence-electron chi connectivity index (χ3n) is 5.86. The summed E-state index contributed by atoms with van der Waals surface area (Å²) in [6, 6.07) is 11.8. The summed E-state index contributed by atoms with van der Waals surface area (Å²) in [6.45, 7) is 11.3. The minimum Gasteiger partial charge on any atom is -0.508 e. The molecular formula is C29H30N2O5S. The number of allylic oxidation sites excluding steroid dienone is 2. The smallest absolute Gasteiger partial charge is 0.338 e. The van der Waals surface area contributed by atoms with Crippen LogP contribution in [-0.2, 0) is 16.0 Å². The van der Waals surface area contributed by atoms with Crippen LogP contribution in [0.5, 0.6) is 11.5 Å². The molecule has 7 nitrogen and oxygen atoms in total. The Hall–Kier alpha value is -3.91. The molecule has 192 valence electrons. The lowest BCUT2D eigenvalue weighted by molar-refractivity contribution is -0.139.